The second-order valence-corrected chi connectivity index (χ2v) is 6.02. The third-order valence-corrected chi connectivity index (χ3v) is 3.87. The highest BCUT2D eigenvalue weighted by Gasteiger charge is 2.30. The van der Waals surface area contributed by atoms with Gasteiger partial charge in [-0.2, -0.15) is 0 Å². The lowest BCUT2D eigenvalue weighted by molar-refractivity contribution is 0.0521. The molecule has 1 fully saturated rings. The highest BCUT2D eigenvalue weighted by Crippen LogP contribution is 2.41. The molecule has 1 heterocycles. The Labute approximate surface area is 114 Å². The van der Waals surface area contributed by atoms with E-state index < -0.39 is 5.97 Å². The summed E-state index contributed by atoms with van der Waals surface area (Å²) in [6.45, 7) is 6.66. The summed E-state index contributed by atoms with van der Waals surface area (Å²) in [7, 11) is 0. The van der Waals surface area contributed by atoms with Gasteiger partial charge in [0.1, 0.15) is 5.82 Å². The van der Waals surface area contributed by atoms with Crippen molar-refractivity contribution in [3.05, 3.63) is 12.0 Å². The van der Waals surface area contributed by atoms with Crippen molar-refractivity contribution in [2.24, 2.45) is 5.41 Å². The lowest BCUT2D eigenvalue weighted by Gasteiger charge is -2.36. The van der Waals surface area contributed by atoms with Gasteiger partial charge in [-0.1, -0.05) is 20.3 Å². The van der Waals surface area contributed by atoms with E-state index in [2.05, 4.69) is 18.8 Å². The summed E-state index contributed by atoms with van der Waals surface area (Å²) in [5.41, 5.74) is 6.62. The molecule has 1 aliphatic rings. The van der Waals surface area contributed by atoms with Crippen LogP contribution in [-0.4, -0.2) is 22.1 Å². The van der Waals surface area contributed by atoms with Crippen molar-refractivity contribution in [1.82, 2.24) is 9.55 Å². The van der Waals surface area contributed by atoms with Crippen molar-refractivity contribution < 1.29 is 9.53 Å². The van der Waals surface area contributed by atoms with Crippen molar-refractivity contribution in [3.63, 3.8) is 0 Å². The molecule has 0 saturated heterocycles. The summed E-state index contributed by atoms with van der Waals surface area (Å²) >= 11 is 0. The van der Waals surface area contributed by atoms with Gasteiger partial charge >= 0.3 is 5.97 Å². The molecular weight excluding hydrogens is 242 g/mol. The molecule has 1 aromatic heterocycles. The van der Waals surface area contributed by atoms with Gasteiger partial charge in [0, 0.05) is 6.04 Å². The fourth-order valence-corrected chi connectivity index (χ4v) is 2.91. The number of nitrogens with two attached hydrogens (primary N) is 1. The number of hydrogen-bond donors (Lipinski definition) is 1. The lowest BCUT2D eigenvalue weighted by atomic mass is 9.75. The zero-order valence-corrected chi connectivity index (χ0v) is 12.0. The normalized spacial score (nSPS) is 22.2. The Morgan fingerprint density at radius 2 is 2.37 bits per heavy atom. The van der Waals surface area contributed by atoms with Gasteiger partial charge in [0.05, 0.1) is 12.9 Å². The van der Waals surface area contributed by atoms with E-state index >= 15 is 0 Å². The molecule has 0 bridgehead atoms. The molecule has 0 amide bonds. The van der Waals surface area contributed by atoms with E-state index in [-0.39, 0.29) is 5.69 Å². The summed E-state index contributed by atoms with van der Waals surface area (Å²) < 4.78 is 6.89. The first-order chi connectivity index (χ1) is 8.94. The minimum Gasteiger partial charge on any atom is -0.461 e. The molecule has 2 N–H and O–H groups in total. The van der Waals surface area contributed by atoms with Crippen LogP contribution in [0.3, 0.4) is 0 Å². The van der Waals surface area contributed by atoms with E-state index in [0.29, 0.717) is 23.9 Å². The molecule has 1 unspecified atom stereocenters. The lowest BCUT2D eigenvalue weighted by Crippen LogP contribution is -2.25. The molecule has 1 saturated carbocycles. The molecule has 1 aromatic rings. The smallest absolute Gasteiger partial charge is 0.360 e. The average Bonchev–Trinajstić information content (AvgIpc) is 2.70. The maximum absolute atomic E-state index is 11.7. The van der Waals surface area contributed by atoms with Crippen LogP contribution >= 0.6 is 0 Å². The first-order valence-electron chi connectivity index (χ1n) is 6.94. The van der Waals surface area contributed by atoms with Crippen LogP contribution in [0.15, 0.2) is 6.33 Å². The van der Waals surface area contributed by atoms with E-state index in [1.54, 1.807) is 13.3 Å². The van der Waals surface area contributed by atoms with Crippen molar-refractivity contribution in [2.75, 3.05) is 12.3 Å². The zero-order chi connectivity index (χ0) is 14.0. The van der Waals surface area contributed by atoms with Crippen molar-refractivity contribution in [2.45, 2.75) is 52.5 Å². The maximum atomic E-state index is 11.7. The van der Waals surface area contributed by atoms with Gasteiger partial charge in [-0.15, -0.1) is 0 Å². The monoisotopic (exact) mass is 265 g/mol. The summed E-state index contributed by atoms with van der Waals surface area (Å²) in [5, 5.41) is 0. The number of carbonyl (C=O) groups is 1. The molecule has 106 valence electrons. The highest BCUT2D eigenvalue weighted by molar-refractivity contribution is 5.92. The fourth-order valence-electron chi connectivity index (χ4n) is 2.91. The number of aromatic nitrogens is 2. The molecule has 1 aliphatic carbocycles. The fraction of sp³-hybridized carbons (Fsp3) is 0.714. The second kappa shape index (κ2) is 5.23. The van der Waals surface area contributed by atoms with E-state index in [9.17, 15) is 4.79 Å². The minimum absolute atomic E-state index is 0.241. The minimum atomic E-state index is -0.436. The molecule has 19 heavy (non-hydrogen) atoms. The van der Waals surface area contributed by atoms with Crippen LogP contribution in [0.2, 0.25) is 0 Å². The van der Waals surface area contributed by atoms with Crippen molar-refractivity contribution >= 4 is 11.8 Å². The van der Waals surface area contributed by atoms with Crippen LogP contribution in [0.4, 0.5) is 5.82 Å². The summed E-state index contributed by atoms with van der Waals surface area (Å²) in [5.74, 6) is -0.00466. The number of anilines is 1. The summed E-state index contributed by atoms with van der Waals surface area (Å²) in [6, 6.07) is 0.333. The average molecular weight is 265 g/mol. The van der Waals surface area contributed by atoms with Crippen LogP contribution < -0.4 is 5.73 Å². The number of rotatable bonds is 3. The molecule has 0 spiro atoms. The SMILES string of the molecule is CCOC(=O)c1ncn(C2CCCC(C)(C)C2)c1N. The number of carbonyl (C=O) groups excluding carboxylic acids is 1. The highest BCUT2D eigenvalue weighted by atomic mass is 16.5. The Morgan fingerprint density at radius 3 is 3.00 bits per heavy atom. The van der Waals surface area contributed by atoms with Gasteiger partial charge in [-0.3, -0.25) is 0 Å². The van der Waals surface area contributed by atoms with Gasteiger partial charge in [0.2, 0.25) is 0 Å². The van der Waals surface area contributed by atoms with Crippen LogP contribution in [0.25, 0.3) is 0 Å². The van der Waals surface area contributed by atoms with Gasteiger partial charge in [0.15, 0.2) is 5.69 Å². The molecule has 5 nitrogen and oxygen atoms in total. The van der Waals surface area contributed by atoms with Crippen LogP contribution in [-0.2, 0) is 4.74 Å². The van der Waals surface area contributed by atoms with Crippen LogP contribution in [0.5, 0.6) is 0 Å². The topological polar surface area (TPSA) is 70.1 Å². The summed E-state index contributed by atoms with van der Waals surface area (Å²) in [6.07, 6.45) is 6.25. The standard InChI is InChI=1S/C14H23N3O2/c1-4-19-13(18)11-12(15)17(9-16-11)10-6-5-7-14(2,3)8-10/h9-10H,4-8,15H2,1-3H3. The Hall–Kier alpha value is -1.52. The first-order valence-corrected chi connectivity index (χ1v) is 6.94. The second-order valence-electron chi connectivity index (χ2n) is 6.02. The quantitative estimate of drug-likeness (QED) is 0.853. The van der Waals surface area contributed by atoms with Gasteiger partial charge in [0.25, 0.3) is 0 Å². The number of hydrogen-bond acceptors (Lipinski definition) is 4. The summed E-state index contributed by atoms with van der Waals surface area (Å²) in [4.78, 5) is 15.8. The van der Waals surface area contributed by atoms with Gasteiger partial charge < -0.3 is 15.0 Å². The number of imidazole rings is 1. The Kier molecular flexibility index (Phi) is 3.83. The van der Waals surface area contributed by atoms with E-state index in [4.69, 9.17) is 10.5 Å². The third-order valence-electron chi connectivity index (χ3n) is 3.87. The van der Waals surface area contributed by atoms with Gasteiger partial charge in [-0.25, -0.2) is 9.78 Å². The maximum Gasteiger partial charge on any atom is 0.360 e. The predicted octanol–water partition coefficient (Wildman–Crippen LogP) is 2.78. The Balaban J connectivity index is 2.20. The van der Waals surface area contributed by atoms with E-state index in [1.165, 1.54) is 12.8 Å². The predicted molar refractivity (Wildman–Crippen MR) is 73.9 cm³/mol. The molecule has 1 atom stereocenters. The number of nitrogen functional groups attached to an aromatic ring is 1. The number of nitrogens with zero attached hydrogens (tertiary/aromatic N) is 2. The van der Waals surface area contributed by atoms with Gasteiger partial charge in [-0.05, 0) is 31.6 Å². The number of ether oxygens (including phenoxy) is 1. The zero-order valence-electron chi connectivity index (χ0n) is 12.0. The molecule has 2 rings (SSSR count). The molecule has 0 aromatic carbocycles. The third kappa shape index (κ3) is 2.91. The van der Waals surface area contributed by atoms with E-state index in [0.717, 1.165) is 12.8 Å². The van der Waals surface area contributed by atoms with Crippen LogP contribution in [0, 0.1) is 5.41 Å². The van der Waals surface area contributed by atoms with Crippen molar-refractivity contribution in [3.8, 4) is 0 Å². The molecular formula is C14H23N3O2. The number of esters is 1. The van der Waals surface area contributed by atoms with Crippen molar-refractivity contribution in [1.29, 1.82) is 0 Å². The van der Waals surface area contributed by atoms with E-state index in [1.807, 2.05) is 4.57 Å². The molecule has 5 heteroatoms. The van der Waals surface area contributed by atoms with Crippen LogP contribution in [0.1, 0.15) is 63.0 Å². The molecule has 0 radical (unpaired) electrons. The largest absolute Gasteiger partial charge is 0.461 e. The Morgan fingerprint density at radius 1 is 1.63 bits per heavy atom. The first kappa shape index (κ1) is 13.9. The molecule has 0 aliphatic heterocycles. The Bertz CT molecular complexity index is 465.